The Morgan fingerprint density at radius 1 is 0.300 bits per heavy atom. The van der Waals surface area contributed by atoms with E-state index in [1.165, 1.54) is 51.4 Å². The quantitative estimate of drug-likeness (QED) is 0.0262. The first kappa shape index (κ1) is 65.5. The van der Waals surface area contributed by atoms with E-state index in [1.54, 1.807) is 0 Å². The monoisotopic (exact) mass is 967 g/mol. The van der Waals surface area contributed by atoms with Crippen molar-refractivity contribution in [2.75, 3.05) is 13.2 Å². The van der Waals surface area contributed by atoms with Gasteiger partial charge < -0.3 is 14.2 Å². The van der Waals surface area contributed by atoms with Gasteiger partial charge in [-0.1, -0.05) is 212 Å². The van der Waals surface area contributed by atoms with Crippen LogP contribution in [0.15, 0.2) is 134 Å². The Balaban J connectivity index is 4.54. The van der Waals surface area contributed by atoms with E-state index in [9.17, 15) is 14.4 Å². The van der Waals surface area contributed by atoms with Crippen molar-refractivity contribution in [1.29, 1.82) is 0 Å². The maximum atomic E-state index is 12.9. The average molecular weight is 968 g/mol. The molecule has 0 N–H and O–H groups in total. The summed E-state index contributed by atoms with van der Waals surface area (Å²) in [5.41, 5.74) is 0. The fourth-order valence-corrected chi connectivity index (χ4v) is 7.19. The van der Waals surface area contributed by atoms with E-state index in [0.717, 1.165) is 141 Å². The van der Waals surface area contributed by atoms with Gasteiger partial charge in [-0.25, -0.2) is 0 Å². The predicted molar refractivity (Wildman–Crippen MR) is 302 cm³/mol. The van der Waals surface area contributed by atoms with Crippen molar-refractivity contribution in [3.63, 3.8) is 0 Å². The highest BCUT2D eigenvalue weighted by Crippen LogP contribution is 2.13. The van der Waals surface area contributed by atoms with E-state index < -0.39 is 6.10 Å². The van der Waals surface area contributed by atoms with Gasteiger partial charge in [-0.05, 0) is 135 Å². The standard InChI is InChI=1S/C64H102O6/c1-4-7-10-13-16-19-22-25-28-31-32-34-36-39-42-45-48-51-54-57-63(66)69-60-61(59-68-62(65)56-53-50-47-44-41-38-35-30-27-24-21-18-15-12-9-6-3)70-64(67)58-55-52-49-46-43-40-37-33-29-26-23-20-17-14-11-8-5-2/h7,9-10,12,16-21,25-30,32,34,38-39,41-42,61H,4-6,8,11,13-15,22-24,31,33,35-37,40,43-60H2,1-3H3/b10-7-,12-9-,19-16-,20-17-,21-18-,28-25-,29-26-,30-27-,34-32-,41-38-,42-39-. The lowest BCUT2D eigenvalue weighted by molar-refractivity contribution is -0.167. The average Bonchev–Trinajstić information content (AvgIpc) is 3.36. The molecule has 0 aliphatic carbocycles. The molecule has 0 saturated carbocycles. The molecular weight excluding hydrogens is 865 g/mol. The van der Waals surface area contributed by atoms with Crippen LogP contribution >= 0.6 is 0 Å². The van der Waals surface area contributed by atoms with Crippen molar-refractivity contribution in [3.8, 4) is 0 Å². The number of ether oxygens (including phenoxy) is 3. The van der Waals surface area contributed by atoms with Crippen molar-refractivity contribution in [2.24, 2.45) is 0 Å². The van der Waals surface area contributed by atoms with E-state index in [2.05, 4.69) is 154 Å². The first-order valence-corrected chi connectivity index (χ1v) is 28.2. The molecule has 0 amide bonds. The number of carbonyl (C=O) groups is 3. The molecule has 0 bridgehead atoms. The van der Waals surface area contributed by atoms with Crippen LogP contribution in [0.4, 0.5) is 0 Å². The van der Waals surface area contributed by atoms with Crippen molar-refractivity contribution in [2.45, 2.75) is 239 Å². The minimum absolute atomic E-state index is 0.113. The Labute approximate surface area is 430 Å². The lowest BCUT2D eigenvalue weighted by Gasteiger charge is -2.18. The molecule has 6 nitrogen and oxygen atoms in total. The molecule has 0 aromatic heterocycles. The molecular formula is C64H102O6. The molecule has 394 valence electrons. The second-order valence-electron chi connectivity index (χ2n) is 18.1. The number of rotatable bonds is 49. The summed E-state index contributed by atoms with van der Waals surface area (Å²) in [6, 6.07) is 0. The summed E-state index contributed by atoms with van der Waals surface area (Å²) >= 11 is 0. The Morgan fingerprint density at radius 2 is 0.557 bits per heavy atom. The number of allylic oxidation sites excluding steroid dienone is 22. The van der Waals surface area contributed by atoms with Gasteiger partial charge in [-0.2, -0.15) is 0 Å². The fourth-order valence-electron chi connectivity index (χ4n) is 7.19. The van der Waals surface area contributed by atoms with Crippen LogP contribution in [0.1, 0.15) is 233 Å². The summed E-state index contributed by atoms with van der Waals surface area (Å²) in [7, 11) is 0. The smallest absolute Gasteiger partial charge is 0.306 e. The Bertz CT molecular complexity index is 1530. The van der Waals surface area contributed by atoms with Gasteiger partial charge in [0.1, 0.15) is 13.2 Å². The minimum Gasteiger partial charge on any atom is -0.462 e. The molecule has 0 aromatic carbocycles. The molecule has 0 heterocycles. The van der Waals surface area contributed by atoms with Crippen LogP contribution in [0.2, 0.25) is 0 Å². The van der Waals surface area contributed by atoms with Crippen LogP contribution in [0, 0.1) is 0 Å². The van der Waals surface area contributed by atoms with Crippen LogP contribution in [0.3, 0.4) is 0 Å². The maximum Gasteiger partial charge on any atom is 0.306 e. The molecule has 0 fully saturated rings. The maximum absolute atomic E-state index is 12.9. The summed E-state index contributed by atoms with van der Waals surface area (Å²) in [6.45, 7) is 6.31. The summed E-state index contributed by atoms with van der Waals surface area (Å²) in [5, 5.41) is 0. The number of carbonyl (C=O) groups excluding carboxylic acids is 3. The molecule has 0 spiro atoms. The molecule has 1 unspecified atom stereocenters. The van der Waals surface area contributed by atoms with Gasteiger partial charge in [0, 0.05) is 19.3 Å². The zero-order valence-electron chi connectivity index (χ0n) is 45.0. The van der Waals surface area contributed by atoms with Crippen molar-refractivity contribution in [3.05, 3.63) is 134 Å². The molecule has 0 radical (unpaired) electrons. The second-order valence-corrected chi connectivity index (χ2v) is 18.1. The number of unbranched alkanes of at least 4 members (excludes halogenated alkanes) is 16. The van der Waals surface area contributed by atoms with Gasteiger partial charge >= 0.3 is 17.9 Å². The van der Waals surface area contributed by atoms with Crippen LogP contribution in [0.25, 0.3) is 0 Å². The van der Waals surface area contributed by atoms with Crippen molar-refractivity contribution < 1.29 is 28.6 Å². The molecule has 0 saturated heterocycles. The van der Waals surface area contributed by atoms with Gasteiger partial charge in [0.15, 0.2) is 6.10 Å². The van der Waals surface area contributed by atoms with Gasteiger partial charge in [-0.15, -0.1) is 0 Å². The van der Waals surface area contributed by atoms with Crippen LogP contribution in [-0.4, -0.2) is 37.2 Å². The number of esters is 3. The van der Waals surface area contributed by atoms with Crippen molar-refractivity contribution in [1.82, 2.24) is 0 Å². The zero-order chi connectivity index (χ0) is 50.7. The SMILES string of the molecule is CC/C=C\C/C=C\C/C=C\C/C=C\C/C=C\CCCCCC(=O)OCC(COC(=O)CCCCC/C=C\C/C=C\C/C=C\C/C=C\CC)OC(=O)CCCCCCCCC/C=C\C/C=C\CCCCC. The van der Waals surface area contributed by atoms with Crippen molar-refractivity contribution >= 4 is 17.9 Å². The van der Waals surface area contributed by atoms with Crippen LogP contribution < -0.4 is 0 Å². The lowest BCUT2D eigenvalue weighted by atomic mass is 10.1. The third-order valence-electron chi connectivity index (χ3n) is 11.4. The fraction of sp³-hybridized carbons (Fsp3) is 0.609. The summed E-state index contributed by atoms with van der Waals surface area (Å²) in [5.74, 6) is -0.986. The third-order valence-corrected chi connectivity index (χ3v) is 11.4. The zero-order valence-corrected chi connectivity index (χ0v) is 45.0. The first-order valence-electron chi connectivity index (χ1n) is 28.2. The number of hydrogen-bond donors (Lipinski definition) is 0. The van der Waals surface area contributed by atoms with Gasteiger partial charge in [-0.3, -0.25) is 14.4 Å². The Hall–Kier alpha value is -4.45. The van der Waals surface area contributed by atoms with E-state index in [1.807, 2.05) is 0 Å². The molecule has 1 atom stereocenters. The molecule has 0 rings (SSSR count). The molecule has 70 heavy (non-hydrogen) atoms. The molecule has 6 heteroatoms. The van der Waals surface area contributed by atoms with Crippen LogP contribution in [0.5, 0.6) is 0 Å². The minimum atomic E-state index is -0.815. The van der Waals surface area contributed by atoms with E-state index >= 15 is 0 Å². The van der Waals surface area contributed by atoms with E-state index in [4.69, 9.17) is 14.2 Å². The molecule has 0 aliphatic rings. The summed E-state index contributed by atoms with van der Waals surface area (Å²) < 4.78 is 16.8. The third kappa shape index (κ3) is 54.5. The highest BCUT2D eigenvalue weighted by Gasteiger charge is 2.19. The predicted octanol–water partition coefficient (Wildman–Crippen LogP) is 19.0. The van der Waals surface area contributed by atoms with E-state index in [0.29, 0.717) is 19.3 Å². The highest BCUT2D eigenvalue weighted by molar-refractivity contribution is 5.71. The molecule has 0 aliphatic heterocycles. The van der Waals surface area contributed by atoms with E-state index in [-0.39, 0.29) is 31.1 Å². The van der Waals surface area contributed by atoms with Gasteiger partial charge in [0.25, 0.3) is 0 Å². The summed E-state index contributed by atoms with van der Waals surface area (Å²) in [4.78, 5) is 38.2. The number of hydrogen-bond acceptors (Lipinski definition) is 6. The van der Waals surface area contributed by atoms with Crippen LogP contribution in [-0.2, 0) is 28.6 Å². The van der Waals surface area contributed by atoms with Gasteiger partial charge in [0.2, 0.25) is 0 Å². The first-order chi connectivity index (χ1) is 34.5. The Kier molecular flexibility index (Phi) is 53.5. The lowest BCUT2D eigenvalue weighted by Crippen LogP contribution is -2.30. The summed E-state index contributed by atoms with van der Waals surface area (Å²) in [6.07, 6.45) is 80.0. The Morgan fingerprint density at radius 3 is 0.886 bits per heavy atom. The second kappa shape index (κ2) is 57.1. The van der Waals surface area contributed by atoms with Gasteiger partial charge in [0.05, 0.1) is 0 Å². The normalized spacial score (nSPS) is 13.1. The largest absolute Gasteiger partial charge is 0.462 e. The highest BCUT2D eigenvalue weighted by atomic mass is 16.6. The topological polar surface area (TPSA) is 78.9 Å². The molecule has 0 aromatic rings.